The van der Waals surface area contributed by atoms with Crippen molar-refractivity contribution in [3.8, 4) is 0 Å². The number of rotatable bonds is 10. The zero-order valence-corrected chi connectivity index (χ0v) is 18.1. The number of carbonyl (C=O) groups is 1. The van der Waals surface area contributed by atoms with E-state index in [1.165, 1.54) is 0 Å². The molecule has 6 N–H and O–H groups in total. The predicted octanol–water partition coefficient (Wildman–Crippen LogP) is 2.60. The number of hydrogen-bond donors (Lipinski definition) is 4. The number of nitrogens with two attached hydrogens (primary N) is 2. The second-order valence-electron chi connectivity index (χ2n) is 8.17. The number of methoxy groups -OCH3 is 1. The van der Waals surface area contributed by atoms with Crippen LogP contribution in [0.3, 0.4) is 0 Å². The number of nitrogens with one attached hydrogen (secondary N) is 2. The van der Waals surface area contributed by atoms with E-state index in [9.17, 15) is 9.18 Å². The summed E-state index contributed by atoms with van der Waals surface area (Å²) in [5, 5.41) is 11.5. The van der Waals surface area contributed by atoms with Crippen LogP contribution in [0.15, 0.2) is 30.5 Å². The average molecular weight is 442 g/mol. The Labute approximate surface area is 185 Å². The third-order valence-corrected chi connectivity index (χ3v) is 5.69. The minimum atomic E-state index is -0.778. The first-order chi connectivity index (χ1) is 15.4. The molecule has 1 aliphatic carbocycles. The first-order valence-electron chi connectivity index (χ1n) is 10.6. The number of amides is 1. The van der Waals surface area contributed by atoms with Gasteiger partial charge in [0, 0.05) is 24.6 Å². The van der Waals surface area contributed by atoms with E-state index in [1.807, 2.05) is 29.8 Å². The largest absolute Gasteiger partial charge is 0.383 e. The Morgan fingerprint density at radius 2 is 2.16 bits per heavy atom. The van der Waals surface area contributed by atoms with Gasteiger partial charge in [-0.05, 0) is 43.9 Å². The molecule has 1 aromatic carbocycles. The van der Waals surface area contributed by atoms with Gasteiger partial charge in [-0.25, -0.2) is 9.37 Å². The third-order valence-electron chi connectivity index (χ3n) is 5.69. The van der Waals surface area contributed by atoms with Crippen molar-refractivity contribution < 1.29 is 13.9 Å². The maximum absolute atomic E-state index is 14.8. The molecule has 1 saturated carbocycles. The van der Waals surface area contributed by atoms with Crippen LogP contribution in [0.2, 0.25) is 0 Å². The number of nitrogens with zero attached hydrogens (tertiary/aromatic N) is 3. The van der Waals surface area contributed by atoms with Crippen LogP contribution in [0.25, 0.3) is 10.9 Å². The lowest BCUT2D eigenvalue weighted by Gasteiger charge is -2.23. The van der Waals surface area contributed by atoms with Gasteiger partial charge in [-0.15, -0.1) is 0 Å². The van der Waals surface area contributed by atoms with Gasteiger partial charge in [0.15, 0.2) is 11.6 Å². The normalized spacial score (nSPS) is 15.5. The Kier molecular flexibility index (Phi) is 6.24. The number of benzene rings is 1. The van der Waals surface area contributed by atoms with E-state index in [2.05, 4.69) is 20.7 Å². The molecule has 10 heteroatoms. The highest BCUT2D eigenvalue weighted by molar-refractivity contribution is 6.00. The number of primary amides is 1. The van der Waals surface area contributed by atoms with Gasteiger partial charge in [0.1, 0.15) is 5.82 Å². The molecule has 32 heavy (non-hydrogen) atoms. The van der Waals surface area contributed by atoms with E-state index in [4.69, 9.17) is 16.2 Å². The molecule has 3 aromatic rings. The topological polar surface area (TPSA) is 133 Å². The van der Waals surface area contributed by atoms with Crippen LogP contribution < -0.4 is 22.1 Å². The van der Waals surface area contributed by atoms with Crippen molar-refractivity contribution in [1.29, 1.82) is 0 Å². The summed E-state index contributed by atoms with van der Waals surface area (Å²) in [7, 11) is 1.63. The van der Waals surface area contributed by atoms with E-state index in [0.29, 0.717) is 24.8 Å². The Balaban J connectivity index is 1.69. The first kappa shape index (κ1) is 22.0. The van der Waals surface area contributed by atoms with E-state index in [-0.39, 0.29) is 29.3 Å². The minimum absolute atomic E-state index is 0.0367. The summed E-state index contributed by atoms with van der Waals surface area (Å²) in [5.74, 6) is -0.844. The number of ether oxygens (including phenoxy) is 1. The molecule has 1 fully saturated rings. The lowest BCUT2D eigenvalue weighted by molar-refractivity contribution is 0.100. The van der Waals surface area contributed by atoms with Crippen LogP contribution in [0.4, 0.5) is 21.7 Å². The van der Waals surface area contributed by atoms with Crippen LogP contribution in [-0.2, 0) is 11.3 Å². The van der Waals surface area contributed by atoms with Gasteiger partial charge < -0.3 is 26.8 Å². The van der Waals surface area contributed by atoms with Gasteiger partial charge >= 0.3 is 0 Å². The SMILES string of the molecule is COCCn1ncc2c(Nc3nc(N[C@H](C4CC4)[C@H](C)N)c(F)cc3C(N)=O)cccc21. The van der Waals surface area contributed by atoms with Crippen molar-refractivity contribution in [1.82, 2.24) is 14.8 Å². The van der Waals surface area contributed by atoms with E-state index >= 15 is 0 Å². The number of fused-ring (bicyclic) bond motifs is 1. The Morgan fingerprint density at radius 3 is 2.81 bits per heavy atom. The highest BCUT2D eigenvalue weighted by Gasteiger charge is 2.34. The van der Waals surface area contributed by atoms with Crippen LogP contribution >= 0.6 is 0 Å². The molecule has 1 aliphatic rings. The molecule has 9 nitrogen and oxygen atoms in total. The van der Waals surface area contributed by atoms with Crippen molar-refractivity contribution in [2.24, 2.45) is 17.4 Å². The second-order valence-corrected chi connectivity index (χ2v) is 8.17. The zero-order valence-electron chi connectivity index (χ0n) is 18.1. The Hall–Kier alpha value is -3.24. The summed E-state index contributed by atoms with van der Waals surface area (Å²) in [6.45, 7) is 3.00. The van der Waals surface area contributed by atoms with Crippen molar-refractivity contribution in [2.75, 3.05) is 24.4 Å². The summed E-state index contributed by atoms with van der Waals surface area (Å²) in [6, 6.07) is 6.46. The lowest BCUT2D eigenvalue weighted by atomic mass is 10.1. The standard InChI is InChI=1S/C22H28FN7O2/c1-12(24)19(13-6-7-13)28-22-16(23)10-14(20(25)31)21(29-22)27-17-4-3-5-18-15(17)11-26-30(18)8-9-32-2/h3-5,10-13,19H,6-9,24H2,1-2H3,(H2,25,31)(H2,27,28,29)/t12-,19-/m0/s1. The number of carbonyl (C=O) groups excluding carboxylic acids is 1. The highest BCUT2D eigenvalue weighted by Crippen LogP contribution is 2.36. The zero-order chi connectivity index (χ0) is 22.8. The second kappa shape index (κ2) is 9.09. The minimum Gasteiger partial charge on any atom is -0.383 e. The fourth-order valence-corrected chi connectivity index (χ4v) is 3.86. The van der Waals surface area contributed by atoms with E-state index in [1.54, 1.807) is 13.3 Å². The van der Waals surface area contributed by atoms with Crippen molar-refractivity contribution in [3.05, 3.63) is 41.8 Å². The molecule has 2 heterocycles. The molecule has 2 atom stereocenters. The maximum Gasteiger partial charge on any atom is 0.252 e. The van der Waals surface area contributed by atoms with E-state index in [0.717, 1.165) is 29.8 Å². The average Bonchev–Trinajstić information content (AvgIpc) is 3.51. The summed E-state index contributed by atoms with van der Waals surface area (Å²) < 4.78 is 21.7. The number of hydrogen-bond acceptors (Lipinski definition) is 7. The van der Waals surface area contributed by atoms with Crippen LogP contribution in [0.1, 0.15) is 30.1 Å². The molecule has 0 unspecified atom stereocenters. The summed E-state index contributed by atoms with van der Waals surface area (Å²) in [6.07, 6.45) is 3.81. The smallest absolute Gasteiger partial charge is 0.252 e. The molecule has 4 rings (SSSR count). The molecule has 2 aromatic heterocycles. The first-order valence-corrected chi connectivity index (χ1v) is 10.6. The Morgan fingerprint density at radius 1 is 1.38 bits per heavy atom. The maximum atomic E-state index is 14.8. The van der Waals surface area contributed by atoms with Crippen molar-refractivity contribution in [2.45, 2.75) is 38.4 Å². The molecule has 170 valence electrons. The van der Waals surface area contributed by atoms with Gasteiger partial charge in [-0.2, -0.15) is 5.10 Å². The number of pyridine rings is 1. The number of anilines is 3. The molecular weight excluding hydrogens is 413 g/mol. The monoisotopic (exact) mass is 441 g/mol. The van der Waals surface area contributed by atoms with Gasteiger partial charge in [0.25, 0.3) is 5.91 Å². The quantitative estimate of drug-likeness (QED) is 0.380. The van der Waals surface area contributed by atoms with Gasteiger partial charge in [-0.1, -0.05) is 6.07 Å². The van der Waals surface area contributed by atoms with Gasteiger partial charge in [-0.3, -0.25) is 9.48 Å². The van der Waals surface area contributed by atoms with Gasteiger partial charge in [0.2, 0.25) is 0 Å². The molecule has 0 spiro atoms. The highest BCUT2D eigenvalue weighted by atomic mass is 19.1. The fraction of sp³-hybridized carbons (Fsp3) is 0.409. The predicted molar refractivity (Wildman–Crippen MR) is 121 cm³/mol. The summed E-state index contributed by atoms with van der Waals surface area (Å²) in [5.41, 5.74) is 13.1. The van der Waals surface area contributed by atoms with E-state index < -0.39 is 11.7 Å². The molecular formula is C22H28FN7O2. The van der Waals surface area contributed by atoms with Crippen LogP contribution in [0, 0.1) is 11.7 Å². The number of halogens is 1. The van der Waals surface area contributed by atoms with Gasteiger partial charge in [0.05, 0.1) is 36.1 Å². The molecule has 0 bridgehead atoms. The Bertz CT molecular complexity index is 1120. The molecule has 0 radical (unpaired) electrons. The van der Waals surface area contributed by atoms with Crippen molar-refractivity contribution in [3.63, 3.8) is 0 Å². The number of aromatic nitrogens is 3. The fourth-order valence-electron chi connectivity index (χ4n) is 3.86. The van der Waals surface area contributed by atoms with Crippen LogP contribution in [0.5, 0.6) is 0 Å². The third kappa shape index (κ3) is 4.51. The van der Waals surface area contributed by atoms with Crippen molar-refractivity contribution >= 4 is 34.1 Å². The summed E-state index contributed by atoms with van der Waals surface area (Å²) in [4.78, 5) is 16.4. The van der Waals surface area contributed by atoms with Crippen LogP contribution in [-0.4, -0.2) is 46.5 Å². The molecule has 0 saturated heterocycles. The molecule has 1 amide bonds. The summed E-state index contributed by atoms with van der Waals surface area (Å²) >= 11 is 0. The lowest BCUT2D eigenvalue weighted by Crippen LogP contribution is -2.40. The molecule has 0 aliphatic heterocycles.